The van der Waals surface area contributed by atoms with E-state index in [1.54, 1.807) is 12.1 Å². The van der Waals surface area contributed by atoms with Crippen molar-refractivity contribution in [3.63, 3.8) is 0 Å². The largest absolute Gasteiger partial charge is 0.395 e. The summed E-state index contributed by atoms with van der Waals surface area (Å²) in [4.78, 5) is 2.04. The van der Waals surface area contributed by atoms with Crippen molar-refractivity contribution in [3.8, 4) is 11.1 Å². The first kappa shape index (κ1) is 22.8. The van der Waals surface area contributed by atoms with E-state index >= 15 is 0 Å². The molecule has 1 fully saturated rings. The molecule has 1 aliphatic rings. The highest BCUT2D eigenvalue weighted by molar-refractivity contribution is 5.63. The van der Waals surface area contributed by atoms with Gasteiger partial charge in [0, 0.05) is 24.8 Å². The summed E-state index contributed by atoms with van der Waals surface area (Å²) in [7, 11) is 0. The average molecular weight is 418 g/mol. The molecule has 3 atom stereocenters. The second-order valence-corrected chi connectivity index (χ2v) is 7.99. The lowest BCUT2D eigenvalue weighted by Crippen LogP contribution is -2.53. The first-order chi connectivity index (χ1) is 14.6. The fourth-order valence-corrected chi connectivity index (χ4v) is 3.91. The second kappa shape index (κ2) is 11.5. The van der Waals surface area contributed by atoms with Crippen molar-refractivity contribution in [3.05, 3.63) is 59.9 Å². The molecule has 0 aliphatic carbocycles. The molecule has 0 amide bonds. The Kier molecular flexibility index (Phi) is 8.78. The van der Waals surface area contributed by atoms with E-state index in [1.807, 2.05) is 41.3 Å². The van der Waals surface area contributed by atoms with Crippen LogP contribution in [0.4, 0.5) is 4.39 Å². The predicted octanol–water partition coefficient (Wildman–Crippen LogP) is 2.97. The number of piperidine rings is 1. The topological polar surface area (TPSA) is 73.2 Å². The van der Waals surface area contributed by atoms with Crippen LogP contribution in [0.5, 0.6) is 0 Å². The number of benzene rings is 2. The zero-order valence-electron chi connectivity index (χ0n) is 17.3. The quantitative estimate of drug-likeness (QED) is 0.519. The van der Waals surface area contributed by atoms with Crippen molar-refractivity contribution in [1.29, 1.82) is 0 Å². The van der Waals surface area contributed by atoms with Gasteiger partial charge in [-0.15, -0.1) is 0 Å². The second-order valence-electron chi connectivity index (χ2n) is 7.99. The highest BCUT2D eigenvalue weighted by Crippen LogP contribution is 2.22. The molecule has 1 heterocycles. The average Bonchev–Trinajstić information content (AvgIpc) is 2.76. The van der Waals surface area contributed by atoms with Crippen molar-refractivity contribution in [2.75, 3.05) is 26.3 Å². The predicted molar refractivity (Wildman–Crippen MR) is 114 cm³/mol. The third-order valence-corrected chi connectivity index (χ3v) is 5.76. The molecule has 0 spiro atoms. The minimum Gasteiger partial charge on any atom is -0.395 e. The van der Waals surface area contributed by atoms with Gasteiger partial charge in [0.1, 0.15) is 5.82 Å². The van der Waals surface area contributed by atoms with Gasteiger partial charge in [-0.3, -0.25) is 4.90 Å². The number of halogens is 1. The summed E-state index contributed by atoms with van der Waals surface area (Å²) in [6.45, 7) is 1.96. The van der Waals surface area contributed by atoms with E-state index in [4.69, 9.17) is 4.74 Å². The number of ether oxygens (including phenoxy) is 1. The summed E-state index contributed by atoms with van der Waals surface area (Å²) in [5.74, 6) is -0.253. The lowest BCUT2D eigenvalue weighted by atomic mass is 9.97. The van der Waals surface area contributed by atoms with Gasteiger partial charge in [-0.25, -0.2) is 4.39 Å². The number of β-amino-alcohol motifs (C(OH)–C–C–N with tert-alkyl or cyclic N) is 1. The van der Waals surface area contributed by atoms with Gasteiger partial charge < -0.3 is 20.1 Å². The molecule has 2 aromatic carbocycles. The number of likely N-dealkylation sites (tertiary alicyclic amines) is 1. The Morgan fingerprint density at radius 1 is 0.967 bits per heavy atom. The van der Waals surface area contributed by atoms with Crippen LogP contribution in [0.2, 0.25) is 0 Å². The Morgan fingerprint density at radius 2 is 1.77 bits per heavy atom. The lowest BCUT2D eigenvalue weighted by molar-refractivity contribution is -0.0711. The minimum atomic E-state index is -0.756. The zero-order valence-corrected chi connectivity index (χ0v) is 17.3. The molecule has 0 aromatic heterocycles. The number of hydrogen-bond acceptors (Lipinski definition) is 5. The number of hydrogen-bond donors (Lipinski definition) is 3. The maximum Gasteiger partial charge on any atom is 0.129 e. The molecule has 164 valence electrons. The molecule has 3 N–H and O–H groups in total. The van der Waals surface area contributed by atoms with Crippen LogP contribution >= 0.6 is 0 Å². The van der Waals surface area contributed by atoms with Gasteiger partial charge in [-0.05, 0) is 49.4 Å². The molecule has 0 radical (unpaired) electrons. The van der Waals surface area contributed by atoms with Crippen molar-refractivity contribution in [1.82, 2.24) is 4.90 Å². The Hall–Kier alpha value is -1.83. The SMILES string of the molecule is OC[C@H]1CC(O)[C@@H](O)CN1CCCCCOCc1ccc(-c2ccccc2)cc1F. The number of aliphatic hydroxyl groups is 3. The molecule has 2 aromatic rings. The van der Waals surface area contributed by atoms with Gasteiger partial charge in [0.05, 0.1) is 25.4 Å². The molecule has 1 saturated heterocycles. The molecule has 0 bridgehead atoms. The number of unbranched alkanes of at least 4 members (excludes halogenated alkanes) is 2. The van der Waals surface area contributed by atoms with Crippen molar-refractivity contribution in [2.24, 2.45) is 0 Å². The van der Waals surface area contributed by atoms with Crippen LogP contribution < -0.4 is 0 Å². The van der Waals surface area contributed by atoms with Crippen LogP contribution in [-0.2, 0) is 11.3 Å². The standard InChI is InChI=1S/C24H32FNO4/c25-22-13-19(18-7-3-1-4-8-18)9-10-20(22)17-30-12-6-2-5-11-26-15-24(29)23(28)14-21(26)16-27/h1,3-4,7-10,13,21,23-24,27-29H,2,5-6,11-12,14-17H2/t21-,23?,24+/m1/s1. The Morgan fingerprint density at radius 3 is 2.50 bits per heavy atom. The van der Waals surface area contributed by atoms with Gasteiger partial charge in [0.2, 0.25) is 0 Å². The van der Waals surface area contributed by atoms with Crippen LogP contribution in [0.3, 0.4) is 0 Å². The monoisotopic (exact) mass is 417 g/mol. The first-order valence-corrected chi connectivity index (χ1v) is 10.7. The van der Waals surface area contributed by atoms with Gasteiger partial charge in [0.15, 0.2) is 0 Å². The summed E-state index contributed by atoms with van der Waals surface area (Å²) in [5, 5.41) is 29.0. The molecular weight excluding hydrogens is 385 g/mol. The van der Waals surface area contributed by atoms with E-state index in [0.717, 1.165) is 36.9 Å². The van der Waals surface area contributed by atoms with Gasteiger partial charge in [0.25, 0.3) is 0 Å². The van der Waals surface area contributed by atoms with Crippen molar-refractivity contribution in [2.45, 2.75) is 50.5 Å². The van der Waals surface area contributed by atoms with E-state index in [9.17, 15) is 19.7 Å². The summed E-state index contributed by atoms with van der Waals surface area (Å²) < 4.78 is 20.0. The minimum absolute atomic E-state index is 0.0124. The zero-order chi connectivity index (χ0) is 21.3. The van der Waals surface area contributed by atoms with Crippen LogP contribution in [0.15, 0.2) is 48.5 Å². The van der Waals surface area contributed by atoms with E-state index in [2.05, 4.69) is 0 Å². The molecular formula is C24H32FNO4. The molecule has 6 heteroatoms. The summed E-state index contributed by atoms with van der Waals surface area (Å²) in [5.41, 5.74) is 2.40. The molecule has 5 nitrogen and oxygen atoms in total. The van der Waals surface area contributed by atoms with Gasteiger partial charge in [-0.2, -0.15) is 0 Å². The molecule has 1 aliphatic heterocycles. The summed E-state index contributed by atoms with van der Waals surface area (Å²) in [6, 6.07) is 14.9. The van der Waals surface area contributed by atoms with E-state index in [0.29, 0.717) is 25.1 Å². The number of rotatable bonds is 10. The maximum absolute atomic E-state index is 14.4. The van der Waals surface area contributed by atoms with Crippen LogP contribution in [0.25, 0.3) is 11.1 Å². The van der Waals surface area contributed by atoms with Crippen molar-refractivity contribution >= 4 is 0 Å². The van der Waals surface area contributed by atoms with E-state index in [-0.39, 0.29) is 25.1 Å². The number of nitrogens with zero attached hydrogens (tertiary/aromatic N) is 1. The summed E-state index contributed by atoms with van der Waals surface area (Å²) in [6.07, 6.45) is 1.63. The third kappa shape index (κ3) is 6.33. The molecule has 0 saturated carbocycles. The molecule has 3 rings (SSSR count). The fourth-order valence-electron chi connectivity index (χ4n) is 3.91. The summed E-state index contributed by atoms with van der Waals surface area (Å²) >= 11 is 0. The van der Waals surface area contributed by atoms with Crippen LogP contribution in [0.1, 0.15) is 31.2 Å². The van der Waals surface area contributed by atoms with Crippen molar-refractivity contribution < 1.29 is 24.4 Å². The van der Waals surface area contributed by atoms with E-state index in [1.165, 1.54) is 0 Å². The Labute approximate surface area is 177 Å². The Balaban J connectivity index is 1.34. The van der Waals surface area contributed by atoms with Crippen LogP contribution in [-0.4, -0.2) is 64.8 Å². The third-order valence-electron chi connectivity index (χ3n) is 5.76. The normalized spacial score (nSPS) is 22.3. The Bertz CT molecular complexity index is 773. The van der Waals surface area contributed by atoms with Gasteiger partial charge >= 0.3 is 0 Å². The number of aliphatic hydroxyl groups excluding tert-OH is 3. The first-order valence-electron chi connectivity index (χ1n) is 10.7. The van der Waals surface area contributed by atoms with Gasteiger partial charge in [-0.1, -0.05) is 42.5 Å². The lowest BCUT2D eigenvalue weighted by Gasteiger charge is -2.39. The van der Waals surface area contributed by atoms with E-state index < -0.39 is 12.2 Å². The molecule has 30 heavy (non-hydrogen) atoms. The highest BCUT2D eigenvalue weighted by Gasteiger charge is 2.32. The maximum atomic E-state index is 14.4. The smallest absolute Gasteiger partial charge is 0.129 e. The molecule has 1 unspecified atom stereocenters. The van der Waals surface area contributed by atoms with Crippen LogP contribution in [0, 0.1) is 5.82 Å². The fraction of sp³-hybridized carbons (Fsp3) is 0.500. The highest BCUT2D eigenvalue weighted by atomic mass is 19.1.